The second-order valence-electron chi connectivity index (χ2n) is 6.40. The van der Waals surface area contributed by atoms with Gasteiger partial charge in [0.25, 0.3) is 5.91 Å². The van der Waals surface area contributed by atoms with Gasteiger partial charge in [0, 0.05) is 30.9 Å². The Morgan fingerprint density at radius 3 is 2.07 bits per heavy atom. The summed E-state index contributed by atoms with van der Waals surface area (Å²) in [6.07, 6.45) is 0. The molecule has 0 unspecified atom stereocenters. The van der Waals surface area contributed by atoms with Gasteiger partial charge < -0.3 is 4.90 Å². The molecule has 0 N–H and O–H groups in total. The first-order valence-electron chi connectivity index (χ1n) is 9.26. The number of nitrogens with zero attached hydrogens (tertiary/aromatic N) is 2. The van der Waals surface area contributed by atoms with Crippen molar-refractivity contribution in [2.45, 2.75) is 39.5 Å². The molecule has 5 nitrogen and oxygen atoms in total. The Morgan fingerprint density at radius 1 is 0.889 bits per heavy atom. The summed E-state index contributed by atoms with van der Waals surface area (Å²) in [6.45, 7) is 10.6. The van der Waals surface area contributed by atoms with Crippen LogP contribution in [0, 0.1) is 13.8 Å². The molecule has 0 saturated heterocycles. The lowest BCUT2D eigenvalue weighted by Gasteiger charge is -2.24. The van der Waals surface area contributed by atoms with E-state index in [1.54, 1.807) is 30.9 Å². The maximum atomic E-state index is 13.3. The number of anilines is 1. The zero-order valence-corrected chi connectivity index (χ0v) is 17.5. The smallest absolute Gasteiger partial charge is 0.258 e. The highest BCUT2D eigenvalue weighted by molar-refractivity contribution is 7.89. The molecule has 146 valence electrons. The van der Waals surface area contributed by atoms with E-state index in [4.69, 9.17) is 0 Å². The third-order valence-electron chi connectivity index (χ3n) is 4.75. The average Bonchev–Trinajstić information content (AvgIpc) is 2.64. The first-order valence-corrected chi connectivity index (χ1v) is 10.7. The van der Waals surface area contributed by atoms with E-state index >= 15 is 0 Å². The van der Waals surface area contributed by atoms with Crippen LogP contribution in [0.1, 0.15) is 42.3 Å². The predicted octanol–water partition coefficient (Wildman–Crippen LogP) is 4.00. The second-order valence-corrected chi connectivity index (χ2v) is 8.34. The number of rotatable bonds is 7. The summed E-state index contributed by atoms with van der Waals surface area (Å²) in [5, 5.41) is 0. The van der Waals surface area contributed by atoms with Crippen LogP contribution in [0.25, 0.3) is 0 Å². The Morgan fingerprint density at radius 2 is 1.52 bits per heavy atom. The van der Waals surface area contributed by atoms with E-state index in [-0.39, 0.29) is 10.8 Å². The number of sulfonamides is 1. The lowest BCUT2D eigenvalue weighted by Crippen LogP contribution is -2.33. The Labute approximate surface area is 162 Å². The normalized spacial score (nSPS) is 11.6. The van der Waals surface area contributed by atoms with E-state index in [0.717, 1.165) is 16.8 Å². The third kappa shape index (κ3) is 4.22. The molecule has 2 rings (SSSR count). The fourth-order valence-electron chi connectivity index (χ4n) is 3.14. The van der Waals surface area contributed by atoms with Crippen LogP contribution in [-0.2, 0) is 10.0 Å². The zero-order chi connectivity index (χ0) is 20.2. The standard InChI is InChI=1S/C21H28N2O3S/c1-6-22(7-2)27(25,26)18-14-13-16(4)19(15-18)21(24)23(8-3)20-12-10-9-11-17(20)5/h9-15H,6-8H2,1-5H3. The van der Waals surface area contributed by atoms with Gasteiger partial charge >= 0.3 is 0 Å². The molecular formula is C21H28N2O3S. The fourth-order valence-corrected chi connectivity index (χ4v) is 4.62. The van der Waals surface area contributed by atoms with E-state index in [0.29, 0.717) is 25.2 Å². The minimum absolute atomic E-state index is 0.154. The summed E-state index contributed by atoms with van der Waals surface area (Å²) in [5.74, 6) is -0.194. The van der Waals surface area contributed by atoms with Crippen LogP contribution in [0.2, 0.25) is 0 Å². The number of benzene rings is 2. The minimum Gasteiger partial charge on any atom is -0.308 e. The summed E-state index contributed by atoms with van der Waals surface area (Å²) in [4.78, 5) is 15.1. The number of para-hydroxylation sites is 1. The molecule has 0 atom stereocenters. The Hall–Kier alpha value is -2.18. The summed E-state index contributed by atoms with van der Waals surface area (Å²) < 4.78 is 27.1. The first kappa shape index (κ1) is 21.1. The van der Waals surface area contributed by atoms with Gasteiger partial charge in [-0.25, -0.2) is 8.42 Å². The van der Waals surface area contributed by atoms with Crippen LogP contribution in [0.4, 0.5) is 5.69 Å². The maximum absolute atomic E-state index is 13.3. The topological polar surface area (TPSA) is 57.7 Å². The molecule has 0 spiro atoms. The Bertz CT molecular complexity index is 919. The van der Waals surface area contributed by atoms with Crippen molar-refractivity contribution in [2.75, 3.05) is 24.5 Å². The highest BCUT2D eigenvalue weighted by Crippen LogP contribution is 2.25. The fraction of sp³-hybridized carbons (Fsp3) is 0.381. The SMILES string of the molecule is CCN(C(=O)c1cc(S(=O)(=O)N(CC)CC)ccc1C)c1ccccc1C. The first-order chi connectivity index (χ1) is 12.8. The van der Waals surface area contributed by atoms with E-state index in [9.17, 15) is 13.2 Å². The summed E-state index contributed by atoms with van der Waals surface area (Å²) in [5.41, 5.74) is 3.00. The van der Waals surface area contributed by atoms with Crippen LogP contribution >= 0.6 is 0 Å². The van der Waals surface area contributed by atoms with Crippen LogP contribution in [-0.4, -0.2) is 38.3 Å². The molecule has 0 aromatic heterocycles. The number of carbonyl (C=O) groups is 1. The molecule has 0 aliphatic heterocycles. The highest BCUT2D eigenvalue weighted by Gasteiger charge is 2.25. The molecule has 0 fully saturated rings. The van der Waals surface area contributed by atoms with Crippen molar-refractivity contribution in [3.05, 3.63) is 59.2 Å². The quantitative estimate of drug-likeness (QED) is 0.720. The predicted molar refractivity (Wildman–Crippen MR) is 110 cm³/mol. The van der Waals surface area contributed by atoms with Gasteiger partial charge in [-0.1, -0.05) is 38.1 Å². The molecule has 2 aromatic carbocycles. The Balaban J connectivity index is 2.52. The zero-order valence-electron chi connectivity index (χ0n) is 16.7. The molecule has 27 heavy (non-hydrogen) atoms. The number of hydrogen-bond donors (Lipinski definition) is 0. The van der Waals surface area contributed by atoms with Crippen LogP contribution < -0.4 is 4.90 Å². The van der Waals surface area contributed by atoms with Crippen LogP contribution in [0.3, 0.4) is 0 Å². The van der Waals surface area contributed by atoms with Gasteiger partial charge in [0.2, 0.25) is 10.0 Å². The molecule has 0 bridgehead atoms. The summed E-state index contributed by atoms with van der Waals surface area (Å²) in [6, 6.07) is 12.5. The molecule has 0 heterocycles. The van der Waals surface area contributed by atoms with Gasteiger partial charge in [0.05, 0.1) is 4.90 Å². The minimum atomic E-state index is -3.62. The van der Waals surface area contributed by atoms with Gasteiger partial charge in [-0.2, -0.15) is 4.31 Å². The van der Waals surface area contributed by atoms with Crippen molar-refractivity contribution in [1.82, 2.24) is 4.31 Å². The van der Waals surface area contributed by atoms with Gasteiger partial charge in [-0.3, -0.25) is 4.79 Å². The van der Waals surface area contributed by atoms with Crippen LogP contribution in [0.15, 0.2) is 47.4 Å². The molecule has 0 saturated carbocycles. The average molecular weight is 389 g/mol. The molecule has 0 aliphatic rings. The van der Waals surface area contributed by atoms with Crippen LogP contribution in [0.5, 0.6) is 0 Å². The number of carbonyl (C=O) groups excluding carboxylic acids is 1. The van der Waals surface area contributed by atoms with Crippen molar-refractivity contribution < 1.29 is 13.2 Å². The Kier molecular flexibility index (Phi) is 6.78. The number of aryl methyl sites for hydroxylation is 2. The van der Waals surface area contributed by atoms with Crippen molar-refractivity contribution in [1.29, 1.82) is 0 Å². The van der Waals surface area contributed by atoms with Gasteiger partial charge in [-0.15, -0.1) is 0 Å². The summed E-state index contributed by atoms with van der Waals surface area (Å²) >= 11 is 0. The van der Waals surface area contributed by atoms with Crippen molar-refractivity contribution in [3.63, 3.8) is 0 Å². The van der Waals surface area contributed by atoms with Gasteiger partial charge in [-0.05, 0) is 50.1 Å². The number of amides is 1. The molecule has 2 aromatic rings. The van der Waals surface area contributed by atoms with E-state index < -0.39 is 10.0 Å². The lowest BCUT2D eigenvalue weighted by molar-refractivity contribution is 0.0987. The van der Waals surface area contributed by atoms with E-state index in [1.165, 1.54) is 10.4 Å². The van der Waals surface area contributed by atoms with E-state index in [1.807, 2.05) is 45.0 Å². The van der Waals surface area contributed by atoms with Crippen molar-refractivity contribution in [2.24, 2.45) is 0 Å². The molecule has 0 radical (unpaired) electrons. The van der Waals surface area contributed by atoms with Gasteiger partial charge in [0.15, 0.2) is 0 Å². The monoisotopic (exact) mass is 388 g/mol. The molecule has 0 aliphatic carbocycles. The van der Waals surface area contributed by atoms with Gasteiger partial charge in [0.1, 0.15) is 0 Å². The van der Waals surface area contributed by atoms with Crippen molar-refractivity contribution in [3.8, 4) is 0 Å². The largest absolute Gasteiger partial charge is 0.308 e. The van der Waals surface area contributed by atoms with E-state index in [2.05, 4.69) is 0 Å². The number of hydrogen-bond acceptors (Lipinski definition) is 3. The second kappa shape index (κ2) is 8.67. The third-order valence-corrected chi connectivity index (χ3v) is 6.80. The summed E-state index contributed by atoms with van der Waals surface area (Å²) in [7, 11) is -3.62. The highest BCUT2D eigenvalue weighted by atomic mass is 32.2. The van der Waals surface area contributed by atoms with Crippen molar-refractivity contribution >= 4 is 21.6 Å². The molecule has 6 heteroatoms. The lowest BCUT2D eigenvalue weighted by atomic mass is 10.1. The molecular weight excluding hydrogens is 360 g/mol. The molecule has 1 amide bonds. The maximum Gasteiger partial charge on any atom is 0.258 e.